The Balaban J connectivity index is 1.94. The van der Waals surface area contributed by atoms with Gasteiger partial charge < -0.3 is 14.2 Å². The lowest BCUT2D eigenvalue weighted by Gasteiger charge is -2.26. The highest BCUT2D eigenvalue weighted by Crippen LogP contribution is 2.37. The molecule has 39 heavy (non-hydrogen) atoms. The van der Waals surface area contributed by atoms with E-state index in [2.05, 4.69) is 4.99 Å². The molecule has 1 aromatic heterocycles. The second-order valence-electron chi connectivity index (χ2n) is 8.91. The Morgan fingerprint density at radius 2 is 1.85 bits per heavy atom. The molecule has 1 unspecified atom stereocenters. The second kappa shape index (κ2) is 11.8. The van der Waals surface area contributed by atoms with E-state index in [4.69, 9.17) is 37.4 Å². The molecule has 0 bridgehead atoms. The molecule has 4 rings (SSSR count). The summed E-state index contributed by atoms with van der Waals surface area (Å²) in [7, 11) is 0. The number of para-hydroxylation sites is 1. The Hall–Kier alpha value is -3.40. The van der Waals surface area contributed by atoms with Crippen molar-refractivity contribution in [2.75, 3.05) is 6.61 Å². The van der Waals surface area contributed by atoms with Crippen molar-refractivity contribution in [3.63, 3.8) is 0 Å². The molecular weight excluding hydrogens is 563 g/mol. The Kier molecular flexibility index (Phi) is 8.64. The number of ether oxygens (including phenoxy) is 3. The molecule has 11 heteroatoms. The molecule has 3 aromatic rings. The quantitative estimate of drug-likeness (QED) is 0.290. The fraction of sp³-hybridized carbons (Fsp3) is 0.286. The van der Waals surface area contributed by atoms with Crippen LogP contribution < -0.4 is 24.4 Å². The van der Waals surface area contributed by atoms with Crippen molar-refractivity contribution >= 4 is 52.6 Å². The predicted molar refractivity (Wildman–Crippen MR) is 150 cm³/mol. The van der Waals surface area contributed by atoms with Crippen LogP contribution in [0, 0.1) is 0 Å². The van der Waals surface area contributed by atoms with Crippen molar-refractivity contribution in [2.45, 2.75) is 46.8 Å². The lowest BCUT2D eigenvalue weighted by molar-refractivity contribution is -0.139. The molecule has 1 aliphatic heterocycles. The molecule has 0 aliphatic carbocycles. The van der Waals surface area contributed by atoms with Crippen molar-refractivity contribution in [2.24, 2.45) is 4.99 Å². The van der Waals surface area contributed by atoms with E-state index in [9.17, 15) is 14.4 Å². The van der Waals surface area contributed by atoms with Gasteiger partial charge >= 0.3 is 11.9 Å². The van der Waals surface area contributed by atoms with Crippen LogP contribution in [-0.2, 0) is 14.3 Å². The number of hydrogen-bond acceptors (Lipinski definition) is 8. The number of thiazole rings is 1. The minimum absolute atomic E-state index is 0.0425. The van der Waals surface area contributed by atoms with E-state index in [1.54, 1.807) is 38.1 Å². The molecule has 0 amide bonds. The third-order valence-electron chi connectivity index (χ3n) is 5.66. The molecule has 0 N–H and O–H groups in total. The molecule has 0 saturated carbocycles. The molecule has 8 nitrogen and oxygen atoms in total. The van der Waals surface area contributed by atoms with Gasteiger partial charge in [-0.15, -0.1) is 0 Å². The number of esters is 2. The summed E-state index contributed by atoms with van der Waals surface area (Å²) in [5, 5.41) is 0.240. The van der Waals surface area contributed by atoms with Crippen LogP contribution in [0.1, 0.15) is 51.8 Å². The summed E-state index contributed by atoms with van der Waals surface area (Å²) in [5.41, 5.74) is 1.49. The minimum atomic E-state index is -0.823. The van der Waals surface area contributed by atoms with Crippen molar-refractivity contribution < 1.29 is 23.8 Å². The SMILES string of the molecule is CCOC(=O)C1=C(C)N=c2s/c(=C\c3cc(Cl)c(OC(C)=O)c(Cl)c3)c(=O)n2C1c1ccccc1OC(C)C. The maximum atomic E-state index is 13.9. The highest BCUT2D eigenvalue weighted by molar-refractivity contribution is 7.07. The zero-order valence-corrected chi connectivity index (χ0v) is 24.2. The predicted octanol–water partition coefficient (Wildman–Crippen LogP) is 4.82. The third kappa shape index (κ3) is 5.95. The Labute approximate surface area is 238 Å². The van der Waals surface area contributed by atoms with Gasteiger partial charge in [0.05, 0.1) is 38.6 Å². The van der Waals surface area contributed by atoms with E-state index >= 15 is 0 Å². The molecule has 0 fully saturated rings. The zero-order valence-electron chi connectivity index (χ0n) is 21.9. The van der Waals surface area contributed by atoms with Gasteiger partial charge in [0.25, 0.3) is 5.56 Å². The van der Waals surface area contributed by atoms with Gasteiger partial charge in [-0.05, 0) is 57.5 Å². The number of carbonyl (C=O) groups is 2. The molecule has 2 aromatic carbocycles. The highest BCUT2D eigenvalue weighted by atomic mass is 35.5. The van der Waals surface area contributed by atoms with Crippen molar-refractivity contribution in [1.82, 2.24) is 4.57 Å². The van der Waals surface area contributed by atoms with Crippen LogP contribution in [0.25, 0.3) is 6.08 Å². The molecule has 0 saturated heterocycles. The molecule has 1 aliphatic rings. The van der Waals surface area contributed by atoms with E-state index in [1.807, 2.05) is 32.0 Å². The van der Waals surface area contributed by atoms with Gasteiger partial charge in [0, 0.05) is 12.5 Å². The number of nitrogens with zero attached hydrogens (tertiary/aromatic N) is 2. The number of rotatable bonds is 7. The molecule has 2 heterocycles. The first-order chi connectivity index (χ1) is 18.5. The summed E-state index contributed by atoms with van der Waals surface area (Å²) in [5.74, 6) is -0.532. The summed E-state index contributed by atoms with van der Waals surface area (Å²) in [6.07, 6.45) is 1.48. The van der Waals surface area contributed by atoms with Gasteiger partial charge in [0.2, 0.25) is 0 Å². The van der Waals surface area contributed by atoms with Crippen LogP contribution in [0.3, 0.4) is 0 Å². The van der Waals surface area contributed by atoms with E-state index in [0.29, 0.717) is 31.9 Å². The van der Waals surface area contributed by atoms with Crippen molar-refractivity contribution in [3.05, 3.63) is 88.5 Å². The van der Waals surface area contributed by atoms with Gasteiger partial charge in [-0.1, -0.05) is 52.7 Å². The number of hydrogen-bond donors (Lipinski definition) is 0. The van der Waals surface area contributed by atoms with E-state index < -0.39 is 18.0 Å². The Morgan fingerprint density at radius 3 is 2.46 bits per heavy atom. The van der Waals surface area contributed by atoms with Crippen LogP contribution in [0.5, 0.6) is 11.5 Å². The lowest BCUT2D eigenvalue weighted by atomic mass is 9.95. The first-order valence-corrected chi connectivity index (χ1v) is 13.7. The molecular formula is C28H26Cl2N2O6S. The zero-order chi connectivity index (χ0) is 28.4. The van der Waals surface area contributed by atoms with Crippen LogP contribution >= 0.6 is 34.5 Å². The number of aromatic nitrogens is 1. The lowest BCUT2D eigenvalue weighted by Crippen LogP contribution is -2.40. The molecule has 1 atom stereocenters. The van der Waals surface area contributed by atoms with Crippen LogP contribution in [-0.4, -0.2) is 29.2 Å². The molecule has 204 valence electrons. The standard InChI is InChI=1S/C28H26Cl2N2O6S/c1-6-36-27(35)23-15(4)31-28-32(24(23)18-9-7-8-10-21(18)37-14(2)3)26(34)22(39-28)13-17-11-19(29)25(20(30)12-17)38-16(5)33/h7-14,24H,6H2,1-5H3/b22-13-. The fourth-order valence-corrected chi connectivity index (χ4v) is 5.84. The fourth-order valence-electron chi connectivity index (χ4n) is 4.21. The van der Waals surface area contributed by atoms with E-state index in [0.717, 1.165) is 11.3 Å². The monoisotopic (exact) mass is 588 g/mol. The van der Waals surface area contributed by atoms with Gasteiger partial charge in [-0.3, -0.25) is 14.2 Å². The van der Waals surface area contributed by atoms with Gasteiger partial charge in [0.15, 0.2) is 10.6 Å². The second-order valence-corrected chi connectivity index (χ2v) is 10.7. The topological polar surface area (TPSA) is 96.2 Å². The summed E-state index contributed by atoms with van der Waals surface area (Å²) >= 11 is 13.8. The smallest absolute Gasteiger partial charge is 0.338 e. The normalized spacial score (nSPS) is 15.2. The van der Waals surface area contributed by atoms with E-state index in [-0.39, 0.29) is 39.6 Å². The summed E-state index contributed by atoms with van der Waals surface area (Å²) in [4.78, 5) is 43.4. The summed E-state index contributed by atoms with van der Waals surface area (Å²) < 4.78 is 18.3. The largest absolute Gasteiger partial charge is 0.491 e. The van der Waals surface area contributed by atoms with Gasteiger partial charge in [-0.25, -0.2) is 9.79 Å². The number of halogens is 2. The van der Waals surface area contributed by atoms with Crippen molar-refractivity contribution in [1.29, 1.82) is 0 Å². The highest BCUT2D eigenvalue weighted by Gasteiger charge is 2.35. The Bertz CT molecular complexity index is 1650. The summed E-state index contributed by atoms with van der Waals surface area (Å²) in [6, 6.07) is 9.55. The molecule has 0 radical (unpaired) electrons. The van der Waals surface area contributed by atoms with Gasteiger partial charge in [0.1, 0.15) is 11.8 Å². The number of fused-ring (bicyclic) bond motifs is 1. The first-order valence-electron chi connectivity index (χ1n) is 12.1. The Morgan fingerprint density at radius 1 is 1.18 bits per heavy atom. The first kappa shape index (κ1) is 28.6. The number of allylic oxidation sites excluding steroid dienone is 1. The maximum Gasteiger partial charge on any atom is 0.338 e. The van der Waals surface area contributed by atoms with E-state index in [1.165, 1.54) is 11.5 Å². The average Bonchev–Trinajstić information content (AvgIpc) is 3.15. The van der Waals surface area contributed by atoms with Gasteiger partial charge in [-0.2, -0.15) is 0 Å². The van der Waals surface area contributed by atoms with Crippen LogP contribution in [0.4, 0.5) is 0 Å². The van der Waals surface area contributed by atoms with Crippen molar-refractivity contribution in [3.8, 4) is 11.5 Å². The van der Waals surface area contributed by atoms with Crippen LogP contribution in [0.15, 0.2) is 57.5 Å². The maximum absolute atomic E-state index is 13.9. The molecule has 0 spiro atoms. The average molecular weight is 589 g/mol. The third-order valence-corrected chi connectivity index (χ3v) is 7.20. The number of carbonyl (C=O) groups excluding carboxylic acids is 2. The number of benzene rings is 2. The van der Waals surface area contributed by atoms with Crippen LogP contribution in [0.2, 0.25) is 10.0 Å². The summed E-state index contributed by atoms with van der Waals surface area (Å²) in [6.45, 7) is 8.65. The minimum Gasteiger partial charge on any atom is -0.491 e.